The van der Waals surface area contributed by atoms with E-state index < -0.39 is 0 Å². The summed E-state index contributed by atoms with van der Waals surface area (Å²) >= 11 is 5.83. The van der Waals surface area contributed by atoms with E-state index in [9.17, 15) is 9.59 Å². The van der Waals surface area contributed by atoms with Crippen LogP contribution in [0.2, 0.25) is 5.02 Å². The van der Waals surface area contributed by atoms with E-state index in [0.29, 0.717) is 27.7 Å². The van der Waals surface area contributed by atoms with Crippen molar-refractivity contribution in [2.45, 2.75) is 6.42 Å². The first-order chi connectivity index (χ1) is 14.9. The van der Waals surface area contributed by atoms with Crippen LogP contribution in [0.4, 0.5) is 5.82 Å². The number of amidine groups is 1. The van der Waals surface area contributed by atoms with Gasteiger partial charge in [-0.3, -0.25) is 19.3 Å². The minimum Gasteiger partial charge on any atom is -0.358 e. The van der Waals surface area contributed by atoms with Gasteiger partial charge in [0.2, 0.25) is 0 Å². The number of anilines is 1. The third-order valence-corrected chi connectivity index (χ3v) is 5.35. The Kier molecular flexibility index (Phi) is 5.81. The lowest BCUT2D eigenvalue weighted by atomic mass is 10.0. The molecular formula is C22H21ClN6O2. The van der Waals surface area contributed by atoms with Crippen LogP contribution in [0, 0.1) is 0 Å². The number of hydrogen-bond acceptors (Lipinski definition) is 6. The molecule has 0 fully saturated rings. The molecule has 0 saturated carbocycles. The van der Waals surface area contributed by atoms with Crippen LogP contribution in [0.1, 0.15) is 32.0 Å². The lowest BCUT2D eigenvalue weighted by molar-refractivity contribution is 0.0990. The van der Waals surface area contributed by atoms with Gasteiger partial charge in [-0.05, 0) is 12.1 Å². The number of likely N-dealkylation sites (N-methyl/N-ethyl adjacent to an activating group) is 1. The quantitative estimate of drug-likeness (QED) is 0.600. The molecule has 0 radical (unpaired) electrons. The zero-order valence-corrected chi connectivity index (χ0v) is 17.9. The second kappa shape index (κ2) is 8.69. The summed E-state index contributed by atoms with van der Waals surface area (Å²) in [5.74, 6) is 0.810. The van der Waals surface area contributed by atoms with Crippen molar-refractivity contribution in [3.05, 3.63) is 76.2 Å². The highest BCUT2D eigenvalue weighted by atomic mass is 35.5. The molecule has 2 aromatic heterocycles. The summed E-state index contributed by atoms with van der Waals surface area (Å²) in [5, 5.41) is 7.33. The number of rotatable bonds is 6. The van der Waals surface area contributed by atoms with Crippen LogP contribution in [0.3, 0.4) is 0 Å². The van der Waals surface area contributed by atoms with E-state index in [1.54, 1.807) is 36.0 Å². The van der Waals surface area contributed by atoms with Gasteiger partial charge in [0.15, 0.2) is 5.78 Å². The number of aromatic nitrogens is 3. The molecule has 3 heterocycles. The van der Waals surface area contributed by atoms with Crippen molar-refractivity contribution in [1.82, 2.24) is 19.7 Å². The molecule has 8 nitrogen and oxygen atoms in total. The Morgan fingerprint density at radius 3 is 2.52 bits per heavy atom. The maximum atomic E-state index is 12.9. The molecular weight excluding hydrogens is 416 g/mol. The monoisotopic (exact) mass is 436 g/mol. The zero-order chi connectivity index (χ0) is 22.0. The largest absolute Gasteiger partial charge is 0.358 e. The first-order valence-electron chi connectivity index (χ1n) is 9.75. The number of nitrogens with zero attached hydrogens (tertiary/aromatic N) is 5. The number of amides is 1. The highest BCUT2D eigenvalue weighted by molar-refractivity contribution is 6.30. The van der Waals surface area contributed by atoms with Crippen molar-refractivity contribution in [3.63, 3.8) is 0 Å². The van der Waals surface area contributed by atoms with E-state index in [4.69, 9.17) is 11.6 Å². The molecule has 0 aliphatic carbocycles. The van der Waals surface area contributed by atoms with Crippen LogP contribution in [0.25, 0.3) is 0 Å². The molecule has 4 rings (SSSR count). The maximum absolute atomic E-state index is 12.9. The van der Waals surface area contributed by atoms with Crippen LogP contribution in [0.15, 0.2) is 53.8 Å². The van der Waals surface area contributed by atoms with Crippen LogP contribution in [-0.4, -0.2) is 57.3 Å². The van der Waals surface area contributed by atoms with Crippen molar-refractivity contribution in [1.29, 1.82) is 0 Å². The van der Waals surface area contributed by atoms with E-state index >= 15 is 0 Å². The summed E-state index contributed by atoms with van der Waals surface area (Å²) in [5.41, 5.74) is 2.40. The van der Waals surface area contributed by atoms with Gasteiger partial charge in [0, 0.05) is 38.0 Å². The molecule has 0 saturated heterocycles. The van der Waals surface area contributed by atoms with Gasteiger partial charge in [-0.1, -0.05) is 35.9 Å². The molecule has 9 heteroatoms. The minimum atomic E-state index is -0.386. The number of ketones is 1. The number of nitrogens with one attached hydrogen (secondary N) is 1. The summed E-state index contributed by atoms with van der Waals surface area (Å²) in [6, 6.07) is 10.6. The maximum Gasteiger partial charge on any atom is 0.260 e. The number of Topliss-reactive ketones (excluding diaryl/α,β-unsaturated/α-hetero) is 1. The number of halogens is 1. The molecule has 1 aliphatic heterocycles. The van der Waals surface area contributed by atoms with E-state index in [2.05, 4.69) is 25.3 Å². The first-order valence-corrected chi connectivity index (χ1v) is 10.1. The fourth-order valence-electron chi connectivity index (χ4n) is 3.40. The second-order valence-corrected chi connectivity index (χ2v) is 7.68. The van der Waals surface area contributed by atoms with Gasteiger partial charge in [-0.2, -0.15) is 5.10 Å². The standard InChI is InChI=1S/C22H21ClN6O2/c1-28-10-9-24-21(28)15-5-3-14(4-6-15)19(30)11-18-17(13-26-29(18)2)22(31)27-20-8-7-16(23)12-25-20/h3-8,12-13H,9-11H2,1-2H3,(H,25,27,31). The van der Waals surface area contributed by atoms with Crippen LogP contribution >= 0.6 is 11.6 Å². The smallest absolute Gasteiger partial charge is 0.260 e. The lowest BCUT2D eigenvalue weighted by Crippen LogP contribution is -2.23. The van der Waals surface area contributed by atoms with Gasteiger partial charge in [0.25, 0.3) is 5.91 Å². The Morgan fingerprint density at radius 1 is 1.10 bits per heavy atom. The topological polar surface area (TPSA) is 92.5 Å². The van der Waals surface area contributed by atoms with Gasteiger partial charge in [-0.25, -0.2) is 4.98 Å². The number of hydrogen-bond donors (Lipinski definition) is 1. The predicted octanol–water partition coefficient (Wildman–Crippen LogP) is 2.84. The summed E-state index contributed by atoms with van der Waals surface area (Å²) in [6.07, 6.45) is 2.95. The highest BCUT2D eigenvalue weighted by Gasteiger charge is 2.20. The molecule has 1 aromatic carbocycles. The van der Waals surface area contributed by atoms with E-state index in [-0.39, 0.29) is 18.1 Å². The van der Waals surface area contributed by atoms with Gasteiger partial charge in [-0.15, -0.1) is 0 Å². The number of carbonyl (C=O) groups is 2. The second-order valence-electron chi connectivity index (χ2n) is 7.25. The Balaban J connectivity index is 1.49. The third-order valence-electron chi connectivity index (χ3n) is 5.13. The molecule has 0 bridgehead atoms. The van der Waals surface area contributed by atoms with Gasteiger partial charge >= 0.3 is 0 Å². The van der Waals surface area contributed by atoms with Crippen molar-refractivity contribution < 1.29 is 9.59 Å². The Hall–Kier alpha value is -3.52. The fourth-order valence-corrected chi connectivity index (χ4v) is 3.51. The van der Waals surface area contributed by atoms with Crippen molar-refractivity contribution in [2.75, 3.05) is 25.5 Å². The Labute approximate surface area is 184 Å². The fraction of sp³-hybridized carbons (Fsp3) is 0.227. The molecule has 0 spiro atoms. The Bertz CT molecular complexity index is 1150. The van der Waals surface area contributed by atoms with Crippen LogP contribution in [-0.2, 0) is 13.5 Å². The van der Waals surface area contributed by atoms with Crippen LogP contribution < -0.4 is 5.32 Å². The SMILES string of the molecule is CN1CCN=C1c1ccc(C(=O)Cc2c(C(=O)Nc3ccc(Cl)cn3)cnn2C)cc1. The number of aliphatic imine (C=N–C) groups is 1. The average molecular weight is 437 g/mol. The molecule has 1 N–H and O–H groups in total. The van der Waals surface area contributed by atoms with Gasteiger partial charge < -0.3 is 10.2 Å². The van der Waals surface area contributed by atoms with Crippen LogP contribution in [0.5, 0.6) is 0 Å². The molecule has 1 aliphatic rings. The van der Waals surface area contributed by atoms with E-state index in [1.807, 2.05) is 19.2 Å². The molecule has 0 unspecified atom stereocenters. The lowest BCUT2D eigenvalue weighted by Gasteiger charge is -2.14. The first kappa shape index (κ1) is 20.7. The van der Waals surface area contributed by atoms with Gasteiger partial charge in [0.1, 0.15) is 11.7 Å². The zero-order valence-electron chi connectivity index (χ0n) is 17.2. The average Bonchev–Trinajstić information content (AvgIpc) is 3.35. The molecule has 3 aromatic rings. The molecule has 158 valence electrons. The molecule has 0 atom stereocenters. The normalized spacial score (nSPS) is 13.3. The number of aryl methyl sites for hydroxylation is 1. The van der Waals surface area contributed by atoms with Crippen molar-refractivity contribution in [3.8, 4) is 0 Å². The van der Waals surface area contributed by atoms with Crippen molar-refractivity contribution >= 4 is 34.9 Å². The predicted molar refractivity (Wildman–Crippen MR) is 119 cm³/mol. The Morgan fingerprint density at radius 2 is 1.87 bits per heavy atom. The highest BCUT2D eigenvalue weighted by Crippen LogP contribution is 2.17. The summed E-state index contributed by atoms with van der Waals surface area (Å²) < 4.78 is 1.54. The summed E-state index contributed by atoms with van der Waals surface area (Å²) in [6.45, 7) is 1.68. The van der Waals surface area contributed by atoms with E-state index in [1.165, 1.54) is 12.4 Å². The van der Waals surface area contributed by atoms with E-state index in [0.717, 1.165) is 24.5 Å². The summed E-state index contributed by atoms with van der Waals surface area (Å²) in [4.78, 5) is 36.2. The number of pyridine rings is 1. The number of carbonyl (C=O) groups excluding carboxylic acids is 2. The minimum absolute atomic E-state index is 0.0491. The third kappa shape index (κ3) is 4.49. The van der Waals surface area contributed by atoms with Gasteiger partial charge in [0.05, 0.1) is 35.4 Å². The molecule has 1 amide bonds. The number of benzene rings is 1. The van der Waals surface area contributed by atoms with Crippen molar-refractivity contribution in [2.24, 2.45) is 12.0 Å². The molecule has 31 heavy (non-hydrogen) atoms. The summed E-state index contributed by atoms with van der Waals surface area (Å²) in [7, 11) is 3.70.